The molecular formula is C15H20N4. The van der Waals surface area contributed by atoms with Crippen LogP contribution < -0.4 is 10.2 Å². The van der Waals surface area contributed by atoms with Crippen LogP contribution in [0, 0.1) is 0 Å². The molecule has 4 nitrogen and oxygen atoms in total. The van der Waals surface area contributed by atoms with E-state index in [2.05, 4.69) is 46.7 Å². The predicted molar refractivity (Wildman–Crippen MR) is 78.7 cm³/mol. The number of aromatic nitrogens is 2. The van der Waals surface area contributed by atoms with Crippen LogP contribution in [-0.2, 0) is 13.0 Å². The summed E-state index contributed by atoms with van der Waals surface area (Å²) in [6.45, 7) is 2.90. The largest absolute Gasteiger partial charge is 0.328 e. The Balaban J connectivity index is 2.15. The van der Waals surface area contributed by atoms with Crippen molar-refractivity contribution in [1.82, 2.24) is 15.5 Å². The minimum absolute atomic E-state index is 0.738. The number of nitrogens with zero attached hydrogens (tertiary/aromatic N) is 3. The van der Waals surface area contributed by atoms with Gasteiger partial charge in [0, 0.05) is 19.3 Å². The Morgan fingerprint density at radius 3 is 2.32 bits per heavy atom. The molecule has 0 aliphatic heterocycles. The van der Waals surface area contributed by atoms with E-state index in [0.717, 1.165) is 30.2 Å². The summed E-state index contributed by atoms with van der Waals surface area (Å²) in [4.78, 5) is 2.04. The van der Waals surface area contributed by atoms with Crippen molar-refractivity contribution in [2.24, 2.45) is 0 Å². The molecule has 0 bridgehead atoms. The second kappa shape index (κ2) is 6.29. The predicted octanol–water partition coefficient (Wildman–Crippen LogP) is 2.53. The lowest BCUT2D eigenvalue weighted by atomic mass is 10.1. The molecule has 0 radical (unpaired) electrons. The Hall–Kier alpha value is -1.94. The third-order valence-electron chi connectivity index (χ3n) is 3.14. The number of hydrogen-bond donors (Lipinski definition) is 1. The first-order valence-corrected chi connectivity index (χ1v) is 6.54. The first-order valence-electron chi connectivity index (χ1n) is 6.54. The van der Waals surface area contributed by atoms with Crippen LogP contribution in [0.1, 0.15) is 18.2 Å². The lowest BCUT2D eigenvalue weighted by Crippen LogP contribution is -2.13. The lowest BCUT2D eigenvalue weighted by molar-refractivity contribution is 0.766. The Labute approximate surface area is 114 Å². The molecule has 0 unspecified atom stereocenters. The topological polar surface area (TPSA) is 41.0 Å². The molecule has 0 saturated heterocycles. The number of rotatable bonds is 5. The highest BCUT2D eigenvalue weighted by atomic mass is 15.2. The van der Waals surface area contributed by atoms with Crippen LogP contribution in [0.4, 0.5) is 11.5 Å². The van der Waals surface area contributed by atoms with Crippen LogP contribution in [0.25, 0.3) is 0 Å². The van der Waals surface area contributed by atoms with Crippen molar-refractivity contribution in [1.29, 1.82) is 0 Å². The Morgan fingerprint density at radius 2 is 1.79 bits per heavy atom. The Kier molecular flexibility index (Phi) is 4.47. The minimum Gasteiger partial charge on any atom is -0.328 e. The van der Waals surface area contributed by atoms with Crippen molar-refractivity contribution in [2.75, 3.05) is 19.0 Å². The van der Waals surface area contributed by atoms with Gasteiger partial charge in [0.05, 0.1) is 5.69 Å². The smallest absolute Gasteiger partial charge is 0.155 e. The molecule has 4 heteroatoms. The van der Waals surface area contributed by atoms with Gasteiger partial charge in [-0.2, -0.15) is 5.10 Å². The molecule has 1 aromatic carbocycles. The van der Waals surface area contributed by atoms with E-state index in [1.807, 2.05) is 31.1 Å². The first kappa shape index (κ1) is 13.5. The monoisotopic (exact) mass is 256 g/mol. The Morgan fingerprint density at radius 1 is 1.05 bits per heavy atom. The number of aryl methyl sites for hydroxylation is 1. The van der Waals surface area contributed by atoms with E-state index in [1.54, 1.807) is 0 Å². The number of nitrogens with one attached hydrogen (secondary N) is 1. The van der Waals surface area contributed by atoms with Crippen LogP contribution in [0.15, 0.2) is 36.4 Å². The van der Waals surface area contributed by atoms with E-state index in [-0.39, 0.29) is 0 Å². The van der Waals surface area contributed by atoms with Crippen LogP contribution in [0.2, 0.25) is 0 Å². The van der Waals surface area contributed by atoms with Gasteiger partial charge < -0.3 is 10.2 Å². The quantitative estimate of drug-likeness (QED) is 0.892. The molecule has 1 N–H and O–H groups in total. The van der Waals surface area contributed by atoms with E-state index in [9.17, 15) is 0 Å². The molecule has 2 aromatic rings. The summed E-state index contributed by atoms with van der Waals surface area (Å²) in [5, 5.41) is 11.5. The highest BCUT2D eigenvalue weighted by Gasteiger charge is 2.06. The third kappa shape index (κ3) is 3.29. The zero-order valence-electron chi connectivity index (χ0n) is 11.7. The van der Waals surface area contributed by atoms with Crippen LogP contribution >= 0.6 is 0 Å². The second-order valence-corrected chi connectivity index (χ2v) is 4.49. The number of anilines is 2. The molecule has 19 heavy (non-hydrogen) atoms. The fourth-order valence-corrected chi connectivity index (χ4v) is 1.89. The van der Waals surface area contributed by atoms with Crippen molar-refractivity contribution in [3.63, 3.8) is 0 Å². The van der Waals surface area contributed by atoms with Gasteiger partial charge in [-0.05, 0) is 43.3 Å². The van der Waals surface area contributed by atoms with Gasteiger partial charge in [-0.1, -0.05) is 19.1 Å². The van der Waals surface area contributed by atoms with E-state index in [4.69, 9.17) is 0 Å². The van der Waals surface area contributed by atoms with Crippen LogP contribution in [0.5, 0.6) is 0 Å². The fraction of sp³-hybridized carbons (Fsp3) is 0.333. The lowest BCUT2D eigenvalue weighted by Gasteiger charge is -2.18. The normalized spacial score (nSPS) is 10.5. The molecule has 2 rings (SSSR count). The zero-order chi connectivity index (χ0) is 13.7. The van der Waals surface area contributed by atoms with E-state index in [0.29, 0.717) is 0 Å². The molecule has 100 valence electrons. The minimum atomic E-state index is 0.738. The maximum atomic E-state index is 4.25. The third-order valence-corrected chi connectivity index (χ3v) is 3.14. The molecule has 0 aliphatic carbocycles. The summed E-state index contributed by atoms with van der Waals surface area (Å²) >= 11 is 0. The summed E-state index contributed by atoms with van der Waals surface area (Å²) in [6.07, 6.45) is 1.06. The van der Waals surface area contributed by atoms with Gasteiger partial charge in [-0.25, -0.2) is 0 Å². The fourth-order valence-electron chi connectivity index (χ4n) is 1.89. The van der Waals surface area contributed by atoms with Gasteiger partial charge in [-0.3, -0.25) is 0 Å². The van der Waals surface area contributed by atoms with Gasteiger partial charge >= 0.3 is 0 Å². The van der Waals surface area contributed by atoms with Crippen molar-refractivity contribution >= 4 is 11.5 Å². The van der Waals surface area contributed by atoms with Crippen LogP contribution in [0.3, 0.4) is 0 Å². The summed E-state index contributed by atoms with van der Waals surface area (Å²) in [5.41, 5.74) is 3.40. The first-order chi connectivity index (χ1) is 9.24. The molecule has 1 heterocycles. The molecule has 0 spiro atoms. The maximum Gasteiger partial charge on any atom is 0.155 e. The van der Waals surface area contributed by atoms with E-state index in [1.165, 1.54) is 5.56 Å². The summed E-state index contributed by atoms with van der Waals surface area (Å²) in [6, 6.07) is 12.5. The summed E-state index contributed by atoms with van der Waals surface area (Å²) in [7, 11) is 3.90. The molecule has 0 amide bonds. The molecular weight excluding hydrogens is 236 g/mol. The zero-order valence-corrected chi connectivity index (χ0v) is 11.7. The van der Waals surface area contributed by atoms with Crippen molar-refractivity contribution in [3.8, 4) is 0 Å². The standard InChI is InChI=1S/C15H20N4/c1-4-12-5-8-14(9-6-12)19(3)15-10-7-13(11-16-2)17-18-15/h5-10,16H,4,11H2,1-3H3. The maximum absolute atomic E-state index is 4.25. The SMILES string of the molecule is CCc1ccc(N(C)c2ccc(CNC)nn2)cc1. The average molecular weight is 256 g/mol. The van der Waals surface area contributed by atoms with E-state index >= 15 is 0 Å². The van der Waals surface area contributed by atoms with E-state index < -0.39 is 0 Å². The van der Waals surface area contributed by atoms with Gasteiger partial charge in [0.2, 0.25) is 0 Å². The van der Waals surface area contributed by atoms with Crippen molar-refractivity contribution < 1.29 is 0 Å². The van der Waals surface area contributed by atoms with Gasteiger partial charge in [0.15, 0.2) is 5.82 Å². The summed E-state index contributed by atoms with van der Waals surface area (Å²) < 4.78 is 0. The molecule has 1 aromatic heterocycles. The van der Waals surface area contributed by atoms with Gasteiger partial charge in [0.25, 0.3) is 0 Å². The van der Waals surface area contributed by atoms with Crippen LogP contribution in [-0.4, -0.2) is 24.3 Å². The molecule has 0 aliphatic rings. The number of hydrogen-bond acceptors (Lipinski definition) is 4. The highest BCUT2D eigenvalue weighted by molar-refractivity contribution is 5.58. The van der Waals surface area contributed by atoms with Gasteiger partial charge in [0.1, 0.15) is 0 Å². The number of benzene rings is 1. The van der Waals surface area contributed by atoms with Crippen molar-refractivity contribution in [2.45, 2.75) is 19.9 Å². The average Bonchev–Trinajstić information content (AvgIpc) is 2.48. The summed E-state index contributed by atoms with van der Waals surface area (Å²) in [5.74, 6) is 0.851. The molecule has 0 fully saturated rings. The van der Waals surface area contributed by atoms with Gasteiger partial charge in [-0.15, -0.1) is 5.10 Å². The Bertz CT molecular complexity index is 505. The molecule has 0 saturated carbocycles. The second-order valence-electron chi connectivity index (χ2n) is 4.49. The molecule has 0 atom stereocenters. The van der Waals surface area contributed by atoms with Crippen molar-refractivity contribution in [3.05, 3.63) is 47.7 Å². The highest BCUT2D eigenvalue weighted by Crippen LogP contribution is 2.21.